The second-order valence-electron chi connectivity index (χ2n) is 3.46. The van der Waals surface area contributed by atoms with Crippen LogP contribution in [0.1, 0.15) is 11.1 Å². The largest absolute Gasteiger partial charge is 0.496 e. The number of fused-ring (bicyclic) bond motifs is 1. The number of benzene rings is 1. The Labute approximate surface area is 96.7 Å². The van der Waals surface area contributed by atoms with Crippen LogP contribution in [0.3, 0.4) is 0 Å². The number of halogens is 1. The van der Waals surface area contributed by atoms with Crippen LogP contribution in [0, 0.1) is 5.41 Å². The maximum absolute atomic E-state index is 7.39. The van der Waals surface area contributed by atoms with E-state index in [-0.39, 0.29) is 5.96 Å². The molecule has 1 aromatic carbocycles. The summed E-state index contributed by atoms with van der Waals surface area (Å²) in [4.78, 5) is 1.81. The van der Waals surface area contributed by atoms with Crippen molar-refractivity contribution in [3.63, 3.8) is 0 Å². The minimum absolute atomic E-state index is 0.108. The number of rotatable bonds is 1. The molecule has 4 nitrogen and oxygen atoms in total. The van der Waals surface area contributed by atoms with Crippen LogP contribution in [0.5, 0.6) is 5.75 Å². The van der Waals surface area contributed by atoms with Gasteiger partial charge < -0.3 is 15.4 Å². The van der Waals surface area contributed by atoms with E-state index in [2.05, 4.69) is 15.9 Å². The molecule has 0 aliphatic carbocycles. The number of ether oxygens (including phenoxy) is 1. The first-order valence-corrected chi connectivity index (χ1v) is 5.36. The molecule has 0 spiro atoms. The Morgan fingerprint density at radius 2 is 2.27 bits per heavy atom. The molecule has 0 radical (unpaired) electrons. The first-order valence-electron chi connectivity index (χ1n) is 4.56. The van der Waals surface area contributed by atoms with Crippen molar-refractivity contribution in [1.82, 2.24) is 4.90 Å². The Bertz CT molecular complexity index is 419. The lowest BCUT2D eigenvalue weighted by molar-refractivity contribution is 0.410. The zero-order valence-corrected chi connectivity index (χ0v) is 9.97. The fraction of sp³-hybridized carbons (Fsp3) is 0.300. The number of nitrogens with zero attached hydrogens (tertiary/aromatic N) is 1. The predicted molar refractivity (Wildman–Crippen MR) is 61.9 cm³/mol. The van der Waals surface area contributed by atoms with Gasteiger partial charge in [-0.15, -0.1) is 0 Å². The van der Waals surface area contributed by atoms with Crippen molar-refractivity contribution in [2.24, 2.45) is 5.73 Å². The van der Waals surface area contributed by atoms with Crippen molar-refractivity contribution in [2.75, 3.05) is 7.11 Å². The van der Waals surface area contributed by atoms with E-state index in [0.29, 0.717) is 13.1 Å². The maximum Gasteiger partial charge on any atom is 0.188 e. The fourth-order valence-electron chi connectivity index (χ4n) is 1.74. The van der Waals surface area contributed by atoms with E-state index >= 15 is 0 Å². The van der Waals surface area contributed by atoms with Crippen molar-refractivity contribution in [3.8, 4) is 5.75 Å². The molecule has 0 atom stereocenters. The Morgan fingerprint density at radius 1 is 1.53 bits per heavy atom. The lowest BCUT2D eigenvalue weighted by Gasteiger charge is -2.13. The molecule has 0 saturated heterocycles. The summed E-state index contributed by atoms with van der Waals surface area (Å²) in [5.41, 5.74) is 7.81. The van der Waals surface area contributed by atoms with Gasteiger partial charge in [0.1, 0.15) is 5.75 Å². The second-order valence-corrected chi connectivity index (χ2v) is 4.25. The van der Waals surface area contributed by atoms with Crippen LogP contribution in [0.2, 0.25) is 0 Å². The molecular weight excluding hydrogens is 258 g/mol. The summed E-state index contributed by atoms with van der Waals surface area (Å²) in [5, 5.41) is 7.39. The molecule has 3 N–H and O–H groups in total. The van der Waals surface area contributed by atoms with Crippen LogP contribution in [-0.2, 0) is 13.1 Å². The van der Waals surface area contributed by atoms with Crippen LogP contribution in [-0.4, -0.2) is 18.0 Å². The van der Waals surface area contributed by atoms with Crippen molar-refractivity contribution in [2.45, 2.75) is 13.1 Å². The number of hydrogen-bond donors (Lipinski definition) is 2. The number of nitrogens with two attached hydrogens (primary N) is 1. The molecular formula is C10H12BrN3O. The van der Waals surface area contributed by atoms with Crippen molar-refractivity contribution >= 4 is 21.9 Å². The van der Waals surface area contributed by atoms with Gasteiger partial charge >= 0.3 is 0 Å². The van der Waals surface area contributed by atoms with Gasteiger partial charge in [0, 0.05) is 13.1 Å². The number of guanidine groups is 1. The quantitative estimate of drug-likeness (QED) is 0.602. The van der Waals surface area contributed by atoms with Gasteiger partial charge in [-0.05, 0) is 33.1 Å². The summed E-state index contributed by atoms with van der Waals surface area (Å²) in [6, 6.07) is 3.94. The third-order valence-electron chi connectivity index (χ3n) is 2.58. The molecule has 0 fully saturated rings. The summed E-state index contributed by atoms with van der Waals surface area (Å²) < 4.78 is 6.18. The SMILES string of the molecule is COc1ccc2c(c1Br)CN(C(=N)N)C2. The molecule has 0 saturated carbocycles. The standard InChI is InChI=1S/C10H12BrN3O/c1-15-8-3-2-6-4-14(10(12)13)5-7(6)9(8)11/h2-3H,4-5H2,1H3,(H3,12,13). The second kappa shape index (κ2) is 3.73. The zero-order valence-electron chi connectivity index (χ0n) is 8.38. The fourth-order valence-corrected chi connectivity index (χ4v) is 2.41. The molecule has 0 aromatic heterocycles. The summed E-state index contributed by atoms with van der Waals surface area (Å²) in [5.74, 6) is 0.927. The zero-order chi connectivity index (χ0) is 11.0. The Kier molecular flexibility index (Phi) is 2.56. The smallest absolute Gasteiger partial charge is 0.188 e. The van der Waals surface area contributed by atoms with Crippen molar-refractivity contribution < 1.29 is 4.74 Å². The van der Waals surface area contributed by atoms with E-state index in [1.807, 2.05) is 17.0 Å². The Hall–Kier alpha value is -1.23. The molecule has 5 heteroatoms. The van der Waals surface area contributed by atoms with Crippen molar-refractivity contribution in [1.29, 1.82) is 5.41 Å². The molecule has 2 rings (SSSR count). The predicted octanol–water partition coefficient (Wildman–Crippen LogP) is 1.67. The number of nitrogens with one attached hydrogen (secondary N) is 1. The first-order chi connectivity index (χ1) is 7.13. The lowest BCUT2D eigenvalue weighted by Crippen LogP contribution is -2.31. The van der Waals surface area contributed by atoms with Gasteiger partial charge in [-0.2, -0.15) is 0 Å². The summed E-state index contributed by atoms with van der Waals surface area (Å²) in [7, 11) is 1.64. The van der Waals surface area contributed by atoms with Crippen LogP contribution >= 0.6 is 15.9 Å². The van der Waals surface area contributed by atoms with Crippen LogP contribution in [0.25, 0.3) is 0 Å². The molecule has 0 amide bonds. The highest BCUT2D eigenvalue weighted by Crippen LogP contribution is 2.35. The highest BCUT2D eigenvalue weighted by atomic mass is 79.9. The monoisotopic (exact) mass is 269 g/mol. The average molecular weight is 270 g/mol. The van der Waals surface area contributed by atoms with Crippen LogP contribution in [0.4, 0.5) is 0 Å². The van der Waals surface area contributed by atoms with Gasteiger partial charge in [-0.1, -0.05) is 6.07 Å². The molecule has 1 aliphatic heterocycles. The van der Waals surface area contributed by atoms with Gasteiger partial charge in [0.2, 0.25) is 0 Å². The Morgan fingerprint density at radius 3 is 2.87 bits per heavy atom. The highest BCUT2D eigenvalue weighted by molar-refractivity contribution is 9.10. The van der Waals surface area contributed by atoms with Crippen molar-refractivity contribution in [3.05, 3.63) is 27.7 Å². The molecule has 0 bridgehead atoms. The summed E-state index contributed by atoms with van der Waals surface area (Å²) in [6.45, 7) is 1.37. The molecule has 0 unspecified atom stereocenters. The van der Waals surface area contributed by atoms with E-state index < -0.39 is 0 Å². The molecule has 1 heterocycles. The van der Waals surface area contributed by atoms with Crippen LogP contribution in [0.15, 0.2) is 16.6 Å². The molecule has 80 valence electrons. The average Bonchev–Trinajstić information content (AvgIpc) is 2.63. The Balaban J connectivity index is 2.38. The van der Waals surface area contributed by atoms with E-state index in [1.165, 1.54) is 5.56 Å². The minimum atomic E-state index is 0.108. The normalized spacial score (nSPS) is 13.9. The molecule has 1 aromatic rings. The van der Waals surface area contributed by atoms with E-state index in [9.17, 15) is 0 Å². The van der Waals surface area contributed by atoms with Gasteiger partial charge in [0.25, 0.3) is 0 Å². The lowest BCUT2D eigenvalue weighted by atomic mass is 10.1. The third-order valence-corrected chi connectivity index (χ3v) is 3.44. The molecule has 15 heavy (non-hydrogen) atoms. The van der Waals surface area contributed by atoms with Gasteiger partial charge in [-0.25, -0.2) is 0 Å². The van der Waals surface area contributed by atoms with E-state index in [0.717, 1.165) is 15.8 Å². The summed E-state index contributed by atoms with van der Waals surface area (Å²) in [6.07, 6.45) is 0. The third kappa shape index (κ3) is 1.67. The number of hydrogen-bond acceptors (Lipinski definition) is 2. The number of methoxy groups -OCH3 is 1. The van der Waals surface area contributed by atoms with E-state index in [1.54, 1.807) is 7.11 Å². The van der Waals surface area contributed by atoms with Gasteiger partial charge in [-0.3, -0.25) is 5.41 Å². The summed E-state index contributed by atoms with van der Waals surface area (Å²) >= 11 is 3.51. The van der Waals surface area contributed by atoms with Gasteiger partial charge in [0.15, 0.2) is 5.96 Å². The van der Waals surface area contributed by atoms with Crippen LogP contribution < -0.4 is 10.5 Å². The van der Waals surface area contributed by atoms with Gasteiger partial charge in [0.05, 0.1) is 11.6 Å². The topological polar surface area (TPSA) is 62.3 Å². The highest BCUT2D eigenvalue weighted by Gasteiger charge is 2.23. The first kappa shape index (κ1) is 10.3. The minimum Gasteiger partial charge on any atom is -0.496 e. The molecule has 1 aliphatic rings. The van der Waals surface area contributed by atoms with E-state index in [4.69, 9.17) is 15.9 Å². The maximum atomic E-state index is 7.39.